The molecule has 320 valence electrons. The molecule has 8 aliphatic rings. The molecule has 8 rings (SSSR count). The van der Waals surface area contributed by atoms with Crippen LogP contribution >= 0.6 is 0 Å². The third-order valence-corrected chi connectivity index (χ3v) is 17.1. The number of hydrogen-bond donors (Lipinski definition) is 2. The number of hydrogen-bond acceptors (Lipinski definition) is 7. The topological polar surface area (TPSA) is 96.4 Å². The van der Waals surface area contributed by atoms with E-state index in [9.17, 15) is 19.5 Å². The number of likely N-dealkylation sites (tertiary alicyclic amines) is 2. The van der Waals surface area contributed by atoms with Gasteiger partial charge in [-0.05, 0) is 177 Å². The first-order valence-electron chi connectivity index (χ1n) is 24.6. The Morgan fingerprint density at radius 2 is 1.40 bits per heavy atom. The van der Waals surface area contributed by atoms with Crippen LogP contribution < -0.4 is 5.32 Å². The number of nitrogens with zero attached hydrogens (tertiary/aromatic N) is 4. The minimum atomic E-state index is -0.463. The number of carbonyl (C=O) groups excluding carboxylic acids is 3. The molecule has 0 radical (unpaired) electrons. The Balaban J connectivity index is 0.714. The zero-order valence-electron chi connectivity index (χ0n) is 35.9. The quantitative estimate of drug-likeness (QED) is 0.160. The van der Waals surface area contributed by atoms with Crippen molar-refractivity contribution in [3.63, 3.8) is 0 Å². The highest BCUT2D eigenvalue weighted by molar-refractivity contribution is 6.02. The maximum atomic E-state index is 13.3. The summed E-state index contributed by atoms with van der Waals surface area (Å²) >= 11 is 0. The van der Waals surface area contributed by atoms with Crippen molar-refractivity contribution >= 4 is 17.7 Å². The van der Waals surface area contributed by atoms with Gasteiger partial charge in [-0.25, -0.2) is 0 Å². The second-order valence-electron chi connectivity index (χ2n) is 20.4. The van der Waals surface area contributed by atoms with Crippen LogP contribution in [0.5, 0.6) is 0 Å². The van der Waals surface area contributed by atoms with Gasteiger partial charge in [-0.15, -0.1) is 0 Å². The lowest BCUT2D eigenvalue weighted by atomic mass is 9.66. The lowest BCUT2D eigenvalue weighted by Gasteiger charge is -2.44. The van der Waals surface area contributed by atoms with Crippen molar-refractivity contribution in [2.24, 2.45) is 41.4 Å². The molecule has 0 spiro atoms. The van der Waals surface area contributed by atoms with Crippen LogP contribution in [0.2, 0.25) is 0 Å². The largest absolute Gasteiger partial charge is 0.393 e. The van der Waals surface area contributed by atoms with Crippen LogP contribution in [0.15, 0.2) is 11.1 Å². The lowest BCUT2D eigenvalue weighted by molar-refractivity contribution is -0.144. The first kappa shape index (κ1) is 41.9. The Labute approximate surface area is 345 Å². The van der Waals surface area contributed by atoms with E-state index in [4.69, 9.17) is 0 Å². The first-order valence-corrected chi connectivity index (χ1v) is 24.6. The summed E-state index contributed by atoms with van der Waals surface area (Å²) in [5.41, 5.74) is 3.81. The third-order valence-electron chi connectivity index (χ3n) is 17.1. The molecule has 0 bridgehead atoms. The van der Waals surface area contributed by atoms with Crippen LogP contribution in [-0.2, 0) is 14.4 Å². The normalized spacial score (nSPS) is 36.6. The van der Waals surface area contributed by atoms with Gasteiger partial charge in [-0.1, -0.05) is 37.3 Å². The second kappa shape index (κ2) is 19.7. The van der Waals surface area contributed by atoms with Gasteiger partial charge in [0.05, 0.1) is 6.10 Å². The average molecular weight is 790 g/mol. The van der Waals surface area contributed by atoms with Crippen LogP contribution in [-0.4, -0.2) is 120 Å². The molecule has 4 atom stereocenters. The predicted octanol–water partition coefficient (Wildman–Crippen LogP) is 7.17. The SMILES string of the molecule is CC/C(=C(\C1CCC(O)CC1)C1CCC(CCCN2CCC(CN3CCN(C4CCC5C(=O)N(C6CCC(=O)NC6=O)CC5C4)CC3)CC2)CC1)C1CCCCC1. The van der Waals surface area contributed by atoms with E-state index in [-0.39, 0.29) is 29.7 Å². The van der Waals surface area contributed by atoms with Gasteiger partial charge < -0.3 is 19.8 Å². The van der Waals surface area contributed by atoms with E-state index in [1.807, 2.05) is 16.0 Å². The van der Waals surface area contributed by atoms with Crippen molar-refractivity contribution in [3.05, 3.63) is 11.1 Å². The molecule has 0 aromatic heterocycles. The van der Waals surface area contributed by atoms with E-state index in [1.165, 1.54) is 129 Å². The zero-order chi connectivity index (χ0) is 39.3. The van der Waals surface area contributed by atoms with Crippen LogP contribution in [0.3, 0.4) is 0 Å². The fourth-order valence-corrected chi connectivity index (χ4v) is 13.8. The molecular formula is C48H79N5O4. The number of rotatable bonds is 12. The molecule has 4 saturated carbocycles. The number of allylic oxidation sites excluding steroid dienone is 2. The maximum absolute atomic E-state index is 13.3. The molecule has 4 heterocycles. The Hall–Kier alpha value is -1.81. The molecule has 8 fully saturated rings. The van der Waals surface area contributed by atoms with Crippen LogP contribution in [0.4, 0.5) is 0 Å². The number of amides is 3. The fraction of sp³-hybridized carbons (Fsp3) is 0.896. The van der Waals surface area contributed by atoms with Gasteiger partial charge in [0, 0.05) is 57.6 Å². The fourth-order valence-electron chi connectivity index (χ4n) is 13.8. The number of aliphatic hydroxyl groups excluding tert-OH is 1. The van der Waals surface area contributed by atoms with E-state index in [0.717, 1.165) is 87.9 Å². The summed E-state index contributed by atoms with van der Waals surface area (Å²) in [6, 6.07) is 0.0863. The standard InChI is InChI=1S/C48H79N5O4/c1-2-42(36-8-4-3-5-9-36)46(38-14-17-41(54)18-15-38)37-12-10-34(11-13-37)7-6-24-50-25-22-35(23-26-50)32-51-27-29-52(30-28-51)40-16-19-43-39(31-40)33-53(48(43)57)44-20-21-45(55)49-47(44)56/h34-41,43-44,54H,2-33H2,1H3,(H,49,55,56)/b46-42+. The number of carbonyl (C=O) groups is 3. The van der Waals surface area contributed by atoms with Gasteiger partial charge in [0.1, 0.15) is 6.04 Å². The van der Waals surface area contributed by atoms with Gasteiger partial charge in [-0.2, -0.15) is 0 Å². The van der Waals surface area contributed by atoms with Crippen molar-refractivity contribution in [1.82, 2.24) is 24.9 Å². The summed E-state index contributed by atoms with van der Waals surface area (Å²) in [5, 5.41) is 12.8. The van der Waals surface area contributed by atoms with E-state index in [2.05, 4.69) is 26.9 Å². The Morgan fingerprint density at radius 1 is 0.702 bits per heavy atom. The summed E-state index contributed by atoms with van der Waals surface area (Å²) < 4.78 is 0. The number of imide groups is 1. The predicted molar refractivity (Wildman–Crippen MR) is 226 cm³/mol. The van der Waals surface area contributed by atoms with E-state index < -0.39 is 6.04 Å². The maximum Gasteiger partial charge on any atom is 0.249 e. The number of piperazine rings is 1. The highest BCUT2D eigenvalue weighted by atomic mass is 16.3. The molecule has 0 aromatic rings. The van der Waals surface area contributed by atoms with Crippen LogP contribution in [0, 0.1) is 41.4 Å². The number of fused-ring (bicyclic) bond motifs is 1. The van der Waals surface area contributed by atoms with Gasteiger partial charge in [0.15, 0.2) is 0 Å². The average Bonchev–Trinajstić information content (AvgIpc) is 3.56. The molecular weight excluding hydrogens is 711 g/mol. The van der Waals surface area contributed by atoms with Gasteiger partial charge in [-0.3, -0.25) is 24.6 Å². The molecule has 3 amide bonds. The molecule has 0 aromatic carbocycles. The summed E-state index contributed by atoms with van der Waals surface area (Å²) in [4.78, 5) is 47.5. The minimum absolute atomic E-state index is 0.0560. The molecule has 4 saturated heterocycles. The highest BCUT2D eigenvalue weighted by Gasteiger charge is 2.49. The van der Waals surface area contributed by atoms with Crippen molar-refractivity contribution in [1.29, 1.82) is 0 Å². The van der Waals surface area contributed by atoms with Crippen molar-refractivity contribution in [3.8, 4) is 0 Å². The van der Waals surface area contributed by atoms with Crippen LogP contribution in [0.1, 0.15) is 155 Å². The molecule has 9 heteroatoms. The number of piperidine rings is 2. The van der Waals surface area contributed by atoms with Gasteiger partial charge in [0.25, 0.3) is 0 Å². The zero-order valence-corrected chi connectivity index (χ0v) is 35.9. The summed E-state index contributed by atoms with van der Waals surface area (Å²) in [6.07, 6.45) is 27.9. The van der Waals surface area contributed by atoms with E-state index >= 15 is 0 Å². The van der Waals surface area contributed by atoms with E-state index in [0.29, 0.717) is 31.3 Å². The Bertz CT molecular complexity index is 1380. The Morgan fingerprint density at radius 3 is 2.09 bits per heavy atom. The van der Waals surface area contributed by atoms with Gasteiger partial charge in [0.2, 0.25) is 17.7 Å². The molecule has 57 heavy (non-hydrogen) atoms. The van der Waals surface area contributed by atoms with Crippen molar-refractivity contribution < 1.29 is 19.5 Å². The molecule has 2 N–H and O–H groups in total. The minimum Gasteiger partial charge on any atom is -0.393 e. The van der Waals surface area contributed by atoms with E-state index in [1.54, 1.807) is 0 Å². The molecule has 4 aliphatic heterocycles. The summed E-state index contributed by atoms with van der Waals surface area (Å²) in [5.74, 6) is 4.22. The molecule has 4 unspecified atom stereocenters. The van der Waals surface area contributed by atoms with Crippen LogP contribution in [0.25, 0.3) is 0 Å². The molecule has 4 aliphatic carbocycles. The van der Waals surface area contributed by atoms with Crippen molar-refractivity contribution in [2.45, 2.75) is 173 Å². The lowest BCUT2D eigenvalue weighted by Crippen LogP contribution is -2.53. The van der Waals surface area contributed by atoms with Crippen molar-refractivity contribution in [2.75, 3.05) is 58.9 Å². The molecule has 9 nitrogen and oxygen atoms in total. The Kier molecular flexibility index (Phi) is 14.5. The third kappa shape index (κ3) is 10.2. The monoisotopic (exact) mass is 790 g/mol. The summed E-state index contributed by atoms with van der Waals surface area (Å²) in [6.45, 7) is 12.8. The smallest absolute Gasteiger partial charge is 0.249 e. The summed E-state index contributed by atoms with van der Waals surface area (Å²) in [7, 11) is 0. The first-order chi connectivity index (χ1) is 27.8. The van der Waals surface area contributed by atoms with Gasteiger partial charge >= 0.3 is 0 Å². The second-order valence-corrected chi connectivity index (χ2v) is 20.4. The number of nitrogens with one attached hydrogen (secondary N) is 1. The highest BCUT2D eigenvalue weighted by Crippen LogP contribution is 2.47. The number of aliphatic hydroxyl groups is 1.